The van der Waals surface area contributed by atoms with E-state index in [4.69, 9.17) is 21.7 Å². The predicted molar refractivity (Wildman–Crippen MR) is 121 cm³/mol. The van der Waals surface area contributed by atoms with Crippen LogP contribution in [0.25, 0.3) is 0 Å². The number of carbonyl (C=O) groups excluding carboxylic acids is 4. The van der Waals surface area contributed by atoms with E-state index < -0.39 is 85.0 Å². The van der Waals surface area contributed by atoms with Crippen LogP contribution in [0.5, 0.6) is 0 Å². The van der Waals surface area contributed by atoms with Crippen molar-refractivity contribution in [3.05, 3.63) is 18.2 Å². The number of hydrogen-bond acceptors (Lipinski definition) is 9. The molecule has 204 valence electrons. The number of carbonyl (C=O) groups is 7. The average molecular weight is 527 g/mol. The first-order valence-corrected chi connectivity index (χ1v) is 10.9. The van der Waals surface area contributed by atoms with Crippen molar-refractivity contribution in [3.8, 4) is 0 Å². The summed E-state index contributed by atoms with van der Waals surface area (Å²) < 4.78 is 0. The number of carboxylic acid groups (broad SMARTS) is 3. The summed E-state index contributed by atoms with van der Waals surface area (Å²) in [7, 11) is 0. The number of nitrogens with zero attached hydrogens (tertiary/aromatic N) is 1. The maximum Gasteiger partial charge on any atom is 0.326 e. The van der Waals surface area contributed by atoms with E-state index in [1.165, 1.54) is 12.5 Å². The Morgan fingerprint density at radius 1 is 0.838 bits per heavy atom. The fraction of sp³-hybridized carbons (Fsp3) is 0.500. The largest absolute Gasteiger partial charge is 0.481 e. The minimum atomic E-state index is -1.80. The highest BCUT2D eigenvalue weighted by Crippen LogP contribution is 2.05. The van der Waals surface area contributed by atoms with Gasteiger partial charge in [-0.15, -0.1) is 0 Å². The van der Waals surface area contributed by atoms with Crippen LogP contribution >= 0.6 is 0 Å². The molecule has 0 bridgehead atoms. The lowest BCUT2D eigenvalue weighted by Crippen LogP contribution is -2.57. The predicted octanol–water partition coefficient (Wildman–Crippen LogP) is -3.58. The number of imidazole rings is 1. The van der Waals surface area contributed by atoms with Crippen molar-refractivity contribution in [2.45, 2.75) is 62.7 Å². The zero-order valence-corrected chi connectivity index (χ0v) is 19.5. The van der Waals surface area contributed by atoms with Gasteiger partial charge in [-0.25, -0.2) is 9.78 Å². The van der Waals surface area contributed by atoms with Gasteiger partial charge in [0.1, 0.15) is 18.1 Å². The Bertz CT molecular complexity index is 998. The number of carboxylic acids is 3. The smallest absolute Gasteiger partial charge is 0.326 e. The summed E-state index contributed by atoms with van der Waals surface area (Å²) >= 11 is 0. The van der Waals surface area contributed by atoms with Crippen LogP contribution in [-0.4, -0.2) is 91.0 Å². The van der Waals surface area contributed by atoms with Crippen molar-refractivity contribution < 1.29 is 48.9 Å². The Kier molecular flexibility index (Phi) is 12.2. The topological polar surface area (TPSA) is 297 Å². The molecule has 0 saturated carbocycles. The SMILES string of the molecule is NC(=O)CCC(NC(=O)C(N)Cc1cnc[nH]1)C(=O)NC(CC(=O)O)C(=O)NC(CCC(=O)O)C(=O)O. The lowest BCUT2D eigenvalue weighted by molar-refractivity contribution is -0.144. The van der Waals surface area contributed by atoms with Gasteiger partial charge >= 0.3 is 17.9 Å². The van der Waals surface area contributed by atoms with Gasteiger partial charge in [0.05, 0.1) is 18.8 Å². The molecule has 4 amide bonds. The maximum absolute atomic E-state index is 12.9. The fourth-order valence-corrected chi connectivity index (χ4v) is 3.01. The summed E-state index contributed by atoms with van der Waals surface area (Å²) in [5.74, 6) is -8.33. The molecule has 0 aliphatic heterocycles. The van der Waals surface area contributed by atoms with Gasteiger partial charge in [0.2, 0.25) is 23.6 Å². The number of H-pyrrole nitrogens is 1. The fourth-order valence-electron chi connectivity index (χ4n) is 3.01. The molecular formula is C20H29N7O10. The third-order valence-electron chi connectivity index (χ3n) is 4.92. The highest BCUT2D eigenvalue weighted by Gasteiger charge is 2.32. The molecule has 0 fully saturated rings. The van der Waals surface area contributed by atoms with E-state index in [0.29, 0.717) is 5.69 Å². The molecule has 0 aromatic carbocycles. The summed E-state index contributed by atoms with van der Waals surface area (Å²) in [5, 5.41) is 33.5. The lowest BCUT2D eigenvalue weighted by Gasteiger charge is -2.24. The normalized spacial score (nSPS) is 13.9. The molecular weight excluding hydrogens is 498 g/mol. The number of primary amides is 1. The van der Waals surface area contributed by atoms with Crippen LogP contribution in [0.3, 0.4) is 0 Å². The maximum atomic E-state index is 12.9. The molecule has 1 heterocycles. The van der Waals surface area contributed by atoms with Crippen molar-refractivity contribution in [1.82, 2.24) is 25.9 Å². The Balaban J connectivity index is 2.98. The van der Waals surface area contributed by atoms with Crippen LogP contribution in [-0.2, 0) is 40.0 Å². The Morgan fingerprint density at radius 3 is 1.92 bits per heavy atom. The zero-order valence-electron chi connectivity index (χ0n) is 19.5. The third-order valence-corrected chi connectivity index (χ3v) is 4.92. The molecule has 4 atom stereocenters. The molecule has 11 N–H and O–H groups in total. The van der Waals surface area contributed by atoms with Crippen LogP contribution in [0, 0.1) is 0 Å². The number of amides is 4. The lowest BCUT2D eigenvalue weighted by atomic mass is 10.1. The summed E-state index contributed by atoms with van der Waals surface area (Å²) in [6.45, 7) is 0. The number of rotatable bonds is 17. The first kappa shape index (κ1) is 30.5. The average Bonchev–Trinajstić information content (AvgIpc) is 3.30. The van der Waals surface area contributed by atoms with E-state index in [1.54, 1.807) is 0 Å². The quantitative estimate of drug-likeness (QED) is 0.0950. The summed E-state index contributed by atoms with van der Waals surface area (Å²) in [5.41, 5.74) is 11.5. The van der Waals surface area contributed by atoms with Gasteiger partial charge in [0, 0.05) is 31.2 Å². The second-order valence-electron chi connectivity index (χ2n) is 7.94. The monoisotopic (exact) mass is 527 g/mol. The summed E-state index contributed by atoms with van der Waals surface area (Å²) in [6.07, 6.45) is 0.0594. The van der Waals surface area contributed by atoms with Crippen molar-refractivity contribution in [3.63, 3.8) is 0 Å². The highest BCUT2D eigenvalue weighted by atomic mass is 16.4. The second-order valence-corrected chi connectivity index (χ2v) is 7.94. The van der Waals surface area contributed by atoms with Gasteiger partial charge in [-0.1, -0.05) is 0 Å². The number of nitrogens with two attached hydrogens (primary N) is 2. The number of hydrogen-bond donors (Lipinski definition) is 9. The molecule has 0 spiro atoms. The molecule has 1 rings (SSSR count). The van der Waals surface area contributed by atoms with E-state index in [1.807, 2.05) is 5.32 Å². The van der Waals surface area contributed by atoms with Gasteiger partial charge in [-0.3, -0.25) is 28.8 Å². The van der Waals surface area contributed by atoms with Gasteiger partial charge in [0.25, 0.3) is 0 Å². The molecule has 0 aliphatic carbocycles. The van der Waals surface area contributed by atoms with E-state index in [9.17, 15) is 38.7 Å². The molecule has 0 aliphatic rings. The van der Waals surface area contributed by atoms with Crippen LogP contribution in [0.2, 0.25) is 0 Å². The Hall–Kier alpha value is -4.54. The molecule has 4 unspecified atom stereocenters. The molecule has 0 saturated heterocycles. The van der Waals surface area contributed by atoms with E-state index in [2.05, 4.69) is 20.6 Å². The summed E-state index contributed by atoms with van der Waals surface area (Å²) in [6, 6.07) is -6.09. The number of nitrogens with one attached hydrogen (secondary N) is 4. The van der Waals surface area contributed by atoms with Crippen molar-refractivity contribution >= 4 is 41.5 Å². The van der Waals surface area contributed by atoms with Crippen molar-refractivity contribution in [2.75, 3.05) is 0 Å². The van der Waals surface area contributed by atoms with Gasteiger partial charge < -0.3 is 47.7 Å². The number of aliphatic carboxylic acids is 3. The minimum absolute atomic E-state index is 0.0208. The van der Waals surface area contributed by atoms with Crippen LogP contribution in [0.15, 0.2) is 12.5 Å². The summed E-state index contributed by atoms with van der Waals surface area (Å²) in [4.78, 5) is 89.1. The van der Waals surface area contributed by atoms with E-state index in [-0.39, 0.29) is 19.3 Å². The van der Waals surface area contributed by atoms with Gasteiger partial charge in [-0.05, 0) is 12.8 Å². The van der Waals surface area contributed by atoms with Gasteiger partial charge in [0.15, 0.2) is 0 Å². The standard InChI is InChI=1S/C20H29N7O10/c21-10(5-9-7-23-8-24-9)17(33)25-11(1-3-14(22)28)18(34)27-13(6-16(31)32)19(35)26-12(20(36)37)2-4-15(29)30/h7-8,10-13H,1-6,21H2,(H2,22,28)(H,23,24)(H,25,33)(H,26,35)(H,27,34)(H,29,30)(H,31,32)(H,36,37). The Morgan fingerprint density at radius 2 is 1.41 bits per heavy atom. The number of aromatic nitrogens is 2. The van der Waals surface area contributed by atoms with Crippen molar-refractivity contribution in [1.29, 1.82) is 0 Å². The first-order valence-electron chi connectivity index (χ1n) is 10.9. The zero-order chi connectivity index (χ0) is 28.1. The Labute approximate surface area is 209 Å². The number of aromatic amines is 1. The molecule has 37 heavy (non-hydrogen) atoms. The van der Waals surface area contributed by atoms with Crippen LogP contribution in [0.1, 0.15) is 37.8 Å². The third kappa shape index (κ3) is 11.6. The van der Waals surface area contributed by atoms with Crippen LogP contribution < -0.4 is 27.4 Å². The van der Waals surface area contributed by atoms with E-state index in [0.717, 1.165) is 0 Å². The molecule has 0 radical (unpaired) electrons. The molecule has 1 aromatic heterocycles. The highest BCUT2D eigenvalue weighted by molar-refractivity contribution is 5.95. The van der Waals surface area contributed by atoms with E-state index >= 15 is 0 Å². The molecule has 1 aromatic rings. The van der Waals surface area contributed by atoms with Gasteiger partial charge in [-0.2, -0.15) is 0 Å². The van der Waals surface area contributed by atoms with Crippen molar-refractivity contribution in [2.24, 2.45) is 11.5 Å². The van der Waals surface area contributed by atoms with Crippen LogP contribution in [0.4, 0.5) is 0 Å². The first-order chi connectivity index (χ1) is 17.3. The molecule has 17 nitrogen and oxygen atoms in total. The molecule has 17 heteroatoms. The minimum Gasteiger partial charge on any atom is -0.481 e. The second kappa shape index (κ2) is 14.8.